The van der Waals surface area contributed by atoms with E-state index in [1.807, 2.05) is 4.90 Å². The Hall–Kier alpha value is -1.59. The lowest BCUT2D eigenvalue weighted by Crippen LogP contribution is -2.48. The largest absolute Gasteiger partial charge is 0.396 e. The lowest BCUT2D eigenvalue weighted by atomic mass is 10.0. The molecular formula is C18H29N3O2. The van der Waals surface area contributed by atoms with Crippen molar-refractivity contribution in [3.05, 3.63) is 35.4 Å². The van der Waals surface area contributed by atoms with Crippen molar-refractivity contribution in [1.82, 2.24) is 15.1 Å². The number of hydrogen-bond acceptors (Lipinski definition) is 3. The Labute approximate surface area is 139 Å². The second-order valence-electron chi connectivity index (χ2n) is 6.57. The Morgan fingerprint density at radius 2 is 1.96 bits per heavy atom. The Bertz CT molecular complexity index is 486. The summed E-state index contributed by atoms with van der Waals surface area (Å²) in [5, 5.41) is 12.2. The highest BCUT2D eigenvalue weighted by molar-refractivity contribution is 5.74. The van der Waals surface area contributed by atoms with Gasteiger partial charge in [-0.1, -0.05) is 24.3 Å². The number of rotatable bonds is 6. The summed E-state index contributed by atoms with van der Waals surface area (Å²) in [5.41, 5.74) is 2.38. The van der Waals surface area contributed by atoms with Crippen molar-refractivity contribution in [1.29, 1.82) is 0 Å². The SMILES string of the molecule is CN(C)Cc1ccc(CNC(=O)N2CCCCC2CCO)cc1. The molecular weight excluding hydrogens is 290 g/mol. The van der Waals surface area contributed by atoms with E-state index in [4.69, 9.17) is 5.11 Å². The van der Waals surface area contributed by atoms with Gasteiger partial charge in [0.15, 0.2) is 0 Å². The molecule has 5 nitrogen and oxygen atoms in total. The Kier molecular flexibility index (Phi) is 6.86. The third kappa shape index (κ3) is 5.52. The zero-order chi connectivity index (χ0) is 16.7. The Morgan fingerprint density at radius 3 is 2.61 bits per heavy atom. The number of nitrogens with zero attached hydrogens (tertiary/aromatic N) is 2. The molecule has 23 heavy (non-hydrogen) atoms. The van der Waals surface area contributed by atoms with Crippen LogP contribution in [0.1, 0.15) is 36.8 Å². The summed E-state index contributed by atoms with van der Waals surface area (Å²) >= 11 is 0. The number of urea groups is 1. The van der Waals surface area contributed by atoms with Crippen LogP contribution in [0.2, 0.25) is 0 Å². The van der Waals surface area contributed by atoms with Crippen LogP contribution in [0.15, 0.2) is 24.3 Å². The number of likely N-dealkylation sites (tertiary alicyclic amines) is 1. The minimum absolute atomic E-state index is 0.0134. The van der Waals surface area contributed by atoms with E-state index in [-0.39, 0.29) is 18.7 Å². The summed E-state index contributed by atoms with van der Waals surface area (Å²) in [7, 11) is 4.10. The molecule has 2 rings (SSSR count). The lowest BCUT2D eigenvalue weighted by Gasteiger charge is -2.35. The normalized spacial score (nSPS) is 18.3. The number of carbonyl (C=O) groups is 1. The molecule has 2 amide bonds. The summed E-state index contributed by atoms with van der Waals surface area (Å²) in [5.74, 6) is 0. The van der Waals surface area contributed by atoms with E-state index in [1.165, 1.54) is 5.56 Å². The van der Waals surface area contributed by atoms with Crippen LogP contribution in [0, 0.1) is 0 Å². The van der Waals surface area contributed by atoms with Crippen molar-refractivity contribution in [2.24, 2.45) is 0 Å². The van der Waals surface area contributed by atoms with Crippen LogP contribution >= 0.6 is 0 Å². The van der Waals surface area contributed by atoms with Crippen molar-refractivity contribution < 1.29 is 9.90 Å². The van der Waals surface area contributed by atoms with E-state index < -0.39 is 0 Å². The maximum atomic E-state index is 12.4. The molecule has 1 aliphatic rings. The molecule has 1 atom stereocenters. The van der Waals surface area contributed by atoms with E-state index in [0.717, 1.165) is 37.9 Å². The molecule has 1 fully saturated rings. The first-order valence-electron chi connectivity index (χ1n) is 8.48. The van der Waals surface area contributed by atoms with Gasteiger partial charge in [-0.25, -0.2) is 4.79 Å². The van der Waals surface area contributed by atoms with Crippen LogP contribution in [-0.2, 0) is 13.1 Å². The molecule has 1 heterocycles. The van der Waals surface area contributed by atoms with Gasteiger partial charge in [0, 0.05) is 32.3 Å². The van der Waals surface area contributed by atoms with Gasteiger partial charge in [0.25, 0.3) is 0 Å². The second-order valence-corrected chi connectivity index (χ2v) is 6.57. The molecule has 5 heteroatoms. The zero-order valence-electron chi connectivity index (χ0n) is 14.3. The summed E-state index contributed by atoms with van der Waals surface area (Å²) < 4.78 is 0. The van der Waals surface area contributed by atoms with Gasteiger partial charge in [-0.15, -0.1) is 0 Å². The fourth-order valence-electron chi connectivity index (χ4n) is 3.12. The fourth-order valence-corrected chi connectivity index (χ4v) is 3.12. The van der Waals surface area contributed by atoms with Gasteiger partial charge in [0.2, 0.25) is 0 Å². The molecule has 1 aromatic carbocycles. The zero-order valence-corrected chi connectivity index (χ0v) is 14.3. The minimum atomic E-state index is -0.0134. The fraction of sp³-hybridized carbons (Fsp3) is 0.611. The van der Waals surface area contributed by atoms with E-state index in [1.54, 1.807) is 0 Å². The summed E-state index contributed by atoms with van der Waals surface area (Å²) in [6.07, 6.45) is 3.86. The molecule has 1 saturated heterocycles. The van der Waals surface area contributed by atoms with Gasteiger partial charge >= 0.3 is 6.03 Å². The Balaban J connectivity index is 1.85. The van der Waals surface area contributed by atoms with Crippen molar-refractivity contribution in [2.45, 2.75) is 44.8 Å². The summed E-state index contributed by atoms with van der Waals surface area (Å²) in [6, 6.07) is 8.52. The van der Waals surface area contributed by atoms with Gasteiger partial charge in [0.05, 0.1) is 0 Å². The summed E-state index contributed by atoms with van der Waals surface area (Å²) in [6.45, 7) is 2.40. The predicted molar refractivity (Wildman–Crippen MR) is 92.1 cm³/mol. The van der Waals surface area contributed by atoms with Crippen molar-refractivity contribution in [3.63, 3.8) is 0 Å². The Morgan fingerprint density at radius 1 is 1.26 bits per heavy atom. The first kappa shape index (κ1) is 17.8. The third-order valence-corrected chi connectivity index (χ3v) is 4.32. The van der Waals surface area contributed by atoms with Gasteiger partial charge in [-0.3, -0.25) is 0 Å². The predicted octanol–water partition coefficient (Wildman–Crippen LogP) is 2.19. The average molecular weight is 319 g/mol. The number of benzene rings is 1. The highest BCUT2D eigenvalue weighted by atomic mass is 16.3. The number of piperidine rings is 1. The first-order valence-corrected chi connectivity index (χ1v) is 8.48. The van der Waals surface area contributed by atoms with Gasteiger partial charge in [0.1, 0.15) is 0 Å². The lowest BCUT2D eigenvalue weighted by molar-refractivity contribution is 0.131. The summed E-state index contributed by atoms with van der Waals surface area (Å²) in [4.78, 5) is 16.4. The van der Waals surface area contributed by atoms with Crippen LogP contribution in [0.3, 0.4) is 0 Å². The molecule has 0 saturated carbocycles. The van der Waals surface area contributed by atoms with Crippen LogP contribution in [0.4, 0.5) is 4.79 Å². The van der Waals surface area contributed by atoms with Crippen molar-refractivity contribution >= 4 is 6.03 Å². The number of aliphatic hydroxyl groups excluding tert-OH is 1. The molecule has 1 aliphatic heterocycles. The smallest absolute Gasteiger partial charge is 0.317 e. The molecule has 0 bridgehead atoms. The molecule has 0 aromatic heterocycles. The van der Waals surface area contributed by atoms with Gasteiger partial charge < -0.3 is 20.2 Å². The maximum absolute atomic E-state index is 12.4. The highest BCUT2D eigenvalue weighted by Gasteiger charge is 2.25. The number of aliphatic hydroxyl groups is 1. The van der Waals surface area contributed by atoms with E-state index >= 15 is 0 Å². The molecule has 2 N–H and O–H groups in total. The van der Waals surface area contributed by atoms with Crippen molar-refractivity contribution in [2.75, 3.05) is 27.2 Å². The van der Waals surface area contributed by atoms with E-state index in [0.29, 0.717) is 13.0 Å². The molecule has 1 aromatic rings. The molecule has 0 radical (unpaired) electrons. The maximum Gasteiger partial charge on any atom is 0.317 e. The second kappa shape index (κ2) is 8.89. The van der Waals surface area contributed by atoms with Crippen LogP contribution < -0.4 is 5.32 Å². The standard InChI is InChI=1S/C18H29N3O2/c1-20(2)14-16-8-6-15(7-9-16)13-19-18(23)21-11-4-3-5-17(21)10-12-22/h6-9,17,22H,3-5,10-14H2,1-2H3,(H,19,23). The van der Waals surface area contributed by atoms with Crippen LogP contribution in [0.5, 0.6) is 0 Å². The number of amides is 2. The highest BCUT2D eigenvalue weighted by Crippen LogP contribution is 2.19. The molecule has 128 valence electrons. The quantitative estimate of drug-likeness (QED) is 0.845. The van der Waals surface area contributed by atoms with E-state index in [9.17, 15) is 4.79 Å². The first-order chi connectivity index (χ1) is 11.1. The number of hydrogen-bond donors (Lipinski definition) is 2. The minimum Gasteiger partial charge on any atom is -0.396 e. The van der Waals surface area contributed by atoms with Gasteiger partial charge in [-0.05, 0) is 50.9 Å². The third-order valence-electron chi connectivity index (χ3n) is 4.32. The molecule has 1 unspecified atom stereocenters. The molecule has 0 aliphatic carbocycles. The number of nitrogens with one attached hydrogen (secondary N) is 1. The van der Waals surface area contributed by atoms with Gasteiger partial charge in [-0.2, -0.15) is 0 Å². The monoisotopic (exact) mass is 319 g/mol. The van der Waals surface area contributed by atoms with E-state index in [2.05, 4.69) is 48.6 Å². The average Bonchev–Trinajstić information content (AvgIpc) is 2.54. The number of carbonyl (C=O) groups excluding carboxylic acids is 1. The van der Waals surface area contributed by atoms with Crippen LogP contribution in [-0.4, -0.2) is 54.2 Å². The van der Waals surface area contributed by atoms with Crippen LogP contribution in [0.25, 0.3) is 0 Å². The molecule has 0 spiro atoms. The topological polar surface area (TPSA) is 55.8 Å². The van der Waals surface area contributed by atoms with Crippen molar-refractivity contribution in [3.8, 4) is 0 Å².